The van der Waals surface area contributed by atoms with Crippen LogP contribution in [0.25, 0.3) is 0 Å². The monoisotopic (exact) mass is 126 g/mol. The van der Waals surface area contributed by atoms with Crippen LogP contribution in [0.5, 0.6) is 0 Å². The summed E-state index contributed by atoms with van der Waals surface area (Å²) in [5.74, 6) is 0. The second kappa shape index (κ2) is 3.23. The number of nitrogens with two attached hydrogens (primary N) is 1. The van der Waals surface area contributed by atoms with Gasteiger partial charge in [0.25, 0.3) is 0 Å². The molecule has 0 aromatic carbocycles. The van der Waals surface area contributed by atoms with Crippen molar-refractivity contribution in [3.8, 4) is 0 Å². The van der Waals surface area contributed by atoms with E-state index < -0.39 is 0 Å². The summed E-state index contributed by atoms with van der Waals surface area (Å²) in [6, 6.07) is 0.988. The Kier molecular flexibility index (Phi) is 2.55. The van der Waals surface area contributed by atoms with Gasteiger partial charge in [-0.15, -0.1) is 0 Å². The molecule has 0 spiro atoms. The third kappa shape index (κ3) is 1.70. The molecule has 0 aromatic rings. The highest BCUT2D eigenvalue weighted by Gasteiger charge is 2.18. The molecule has 1 saturated carbocycles. The molecule has 52 valence electrons. The maximum Gasteiger partial charge on any atom is 0.182 e. The Hall–Kier alpha value is -0.0151. The van der Waals surface area contributed by atoms with Gasteiger partial charge in [0.2, 0.25) is 0 Å². The van der Waals surface area contributed by atoms with Crippen molar-refractivity contribution >= 4 is 7.98 Å². The van der Waals surface area contributed by atoms with Gasteiger partial charge in [0.15, 0.2) is 7.98 Å². The number of nitrogens with one attached hydrogen (secondary N) is 1. The molecule has 2 atom stereocenters. The molecule has 0 radical (unpaired) electrons. The second-order valence-corrected chi connectivity index (χ2v) is 2.84. The molecule has 1 aliphatic rings. The van der Waals surface area contributed by atoms with Crippen LogP contribution >= 0.6 is 0 Å². The van der Waals surface area contributed by atoms with Gasteiger partial charge < -0.3 is 11.0 Å². The van der Waals surface area contributed by atoms with E-state index in [0.29, 0.717) is 12.1 Å². The average molecular weight is 126 g/mol. The fraction of sp³-hybridized carbons (Fsp3) is 1.00. The van der Waals surface area contributed by atoms with E-state index in [2.05, 4.69) is 5.23 Å². The predicted molar refractivity (Wildman–Crippen MR) is 41.9 cm³/mol. The molecule has 0 saturated heterocycles. The first-order chi connectivity index (χ1) is 4.34. The lowest BCUT2D eigenvalue weighted by Gasteiger charge is -2.28. The van der Waals surface area contributed by atoms with Crippen LogP contribution in [-0.4, -0.2) is 20.1 Å². The van der Waals surface area contributed by atoms with Gasteiger partial charge >= 0.3 is 0 Å². The molecule has 0 aromatic heterocycles. The third-order valence-electron chi connectivity index (χ3n) is 2.19. The summed E-state index contributed by atoms with van der Waals surface area (Å²) < 4.78 is 0. The van der Waals surface area contributed by atoms with Gasteiger partial charge in [0.05, 0.1) is 0 Å². The number of hydrogen-bond acceptors (Lipinski definition) is 2. The van der Waals surface area contributed by atoms with E-state index in [1.165, 1.54) is 25.7 Å². The van der Waals surface area contributed by atoms with Gasteiger partial charge in [-0.3, -0.25) is 0 Å². The minimum Gasteiger partial charge on any atom is -0.358 e. The van der Waals surface area contributed by atoms with Crippen molar-refractivity contribution in [3.63, 3.8) is 0 Å². The van der Waals surface area contributed by atoms with Crippen molar-refractivity contribution in [3.05, 3.63) is 0 Å². The molecular weight excluding hydrogens is 111 g/mol. The quantitative estimate of drug-likeness (QED) is 0.460. The lowest BCUT2D eigenvalue weighted by Crippen LogP contribution is -2.45. The number of rotatable bonds is 1. The molecule has 2 nitrogen and oxygen atoms in total. The Morgan fingerprint density at radius 1 is 1.33 bits per heavy atom. The van der Waals surface area contributed by atoms with E-state index in [-0.39, 0.29) is 0 Å². The number of hydrogen-bond donors (Lipinski definition) is 2. The predicted octanol–water partition coefficient (Wildman–Crippen LogP) is -0.606. The maximum atomic E-state index is 5.83. The van der Waals surface area contributed by atoms with E-state index in [9.17, 15) is 0 Å². The molecule has 1 rings (SSSR count). The van der Waals surface area contributed by atoms with Crippen molar-refractivity contribution in [1.82, 2.24) is 5.23 Å². The Morgan fingerprint density at radius 3 is 2.44 bits per heavy atom. The van der Waals surface area contributed by atoms with Crippen molar-refractivity contribution in [1.29, 1.82) is 0 Å². The normalized spacial score (nSPS) is 36.6. The SMILES string of the molecule is BN[C@@H]1CCCC[C@H]1N. The topological polar surface area (TPSA) is 38.0 Å². The largest absolute Gasteiger partial charge is 0.358 e. The molecule has 3 N–H and O–H groups in total. The molecule has 3 heteroatoms. The molecule has 1 fully saturated rings. The van der Waals surface area contributed by atoms with Crippen molar-refractivity contribution in [2.24, 2.45) is 5.73 Å². The second-order valence-electron chi connectivity index (χ2n) is 2.84. The maximum absolute atomic E-state index is 5.83. The fourth-order valence-electron chi connectivity index (χ4n) is 1.52. The van der Waals surface area contributed by atoms with Crippen LogP contribution in [0.2, 0.25) is 0 Å². The molecule has 0 heterocycles. The lowest BCUT2D eigenvalue weighted by molar-refractivity contribution is 0.366. The standard InChI is InChI=1S/C6H15BN2/c7-9-6-4-2-1-3-5(6)8/h5-6,9H,1-4,7-8H2/t5-,6-/m1/s1. The molecule has 1 aliphatic carbocycles. The molecule has 0 amide bonds. The van der Waals surface area contributed by atoms with Gasteiger partial charge in [-0.1, -0.05) is 12.8 Å². The lowest BCUT2D eigenvalue weighted by atomic mass is 9.90. The molecular formula is C6H15BN2. The van der Waals surface area contributed by atoms with Gasteiger partial charge in [0, 0.05) is 12.1 Å². The van der Waals surface area contributed by atoms with Gasteiger partial charge in [-0.25, -0.2) is 0 Å². The summed E-state index contributed by atoms with van der Waals surface area (Å²) in [5.41, 5.74) is 5.83. The first kappa shape index (κ1) is 7.10. The zero-order valence-electron chi connectivity index (χ0n) is 6.06. The summed E-state index contributed by atoms with van der Waals surface area (Å²) in [4.78, 5) is 0. The first-order valence-electron chi connectivity index (χ1n) is 3.77. The van der Waals surface area contributed by atoms with Crippen LogP contribution in [0.15, 0.2) is 0 Å². The Bertz CT molecular complexity index is 87.1. The van der Waals surface area contributed by atoms with E-state index >= 15 is 0 Å². The summed E-state index contributed by atoms with van der Waals surface area (Å²) in [6.07, 6.45) is 5.13. The third-order valence-corrected chi connectivity index (χ3v) is 2.19. The average Bonchev–Trinajstić information content (AvgIpc) is 1.89. The van der Waals surface area contributed by atoms with Crippen LogP contribution in [0.4, 0.5) is 0 Å². The Balaban J connectivity index is 2.30. The van der Waals surface area contributed by atoms with E-state index in [4.69, 9.17) is 5.73 Å². The zero-order valence-corrected chi connectivity index (χ0v) is 6.06. The highest BCUT2D eigenvalue weighted by molar-refractivity contribution is 6.04. The van der Waals surface area contributed by atoms with E-state index in [0.717, 1.165) is 0 Å². The molecule has 9 heavy (non-hydrogen) atoms. The van der Waals surface area contributed by atoms with Crippen molar-refractivity contribution in [2.45, 2.75) is 37.8 Å². The van der Waals surface area contributed by atoms with E-state index in [1.807, 2.05) is 7.98 Å². The molecule has 0 bridgehead atoms. The summed E-state index contributed by atoms with van der Waals surface area (Å²) in [7, 11) is 2.00. The minimum absolute atomic E-state index is 0.406. The van der Waals surface area contributed by atoms with Crippen LogP contribution < -0.4 is 11.0 Å². The highest BCUT2D eigenvalue weighted by Crippen LogP contribution is 2.15. The fourth-order valence-corrected chi connectivity index (χ4v) is 1.52. The Morgan fingerprint density at radius 2 is 2.00 bits per heavy atom. The highest BCUT2D eigenvalue weighted by atomic mass is 14.9. The zero-order chi connectivity index (χ0) is 6.69. The molecule has 0 aliphatic heterocycles. The van der Waals surface area contributed by atoms with Gasteiger partial charge in [0.1, 0.15) is 0 Å². The summed E-state index contributed by atoms with van der Waals surface area (Å²) >= 11 is 0. The van der Waals surface area contributed by atoms with Crippen LogP contribution in [-0.2, 0) is 0 Å². The van der Waals surface area contributed by atoms with Crippen LogP contribution in [0.1, 0.15) is 25.7 Å². The first-order valence-corrected chi connectivity index (χ1v) is 3.77. The van der Waals surface area contributed by atoms with Crippen molar-refractivity contribution in [2.75, 3.05) is 0 Å². The van der Waals surface area contributed by atoms with Crippen molar-refractivity contribution < 1.29 is 0 Å². The molecule has 0 unspecified atom stereocenters. The van der Waals surface area contributed by atoms with Crippen LogP contribution in [0, 0.1) is 0 Å². The van der Waals surface area contributed by atoms with Gasteiger partial charge in [-0.05, 0) is 12.8 Å². The summed E-state index contributed by atoms with van der Waals surface area (Å²) in [5, 5.41) is 3.23. The Labute approximate surface area is 57.6 Å². The smallest absolute Gasteiger partial charge is 0.182 e. The van der Waals surface area contributed by atoms with Crippen LogP contribution in [0.3, 0.4) is 0 Å². The van der Waals surface area contributed by atoms with Gasteiger partial charge in [-0.2, -0.15) is 0 Å². The summed E-state index contributed by atoms with van der Waals surface area (Å²) in [6.45, 7) is 0. The minimum atomic E-state index is 0.406. The van der Waals surface area contributed by atoms with E-state index in [1.54, 1.807) is 0 Å².